The van der Waals surface area contributed by atoms with Gasteiger partial charge in [0, 0.05) is 32.2 Å². The summed E-state index contributed by atoms with van der Waals surface area (Å²) in [5.41, 5.74) is 3.25. The van der Waals surface area contributed by atoms with Crippen LogP contribution in [0.5, 0.6) is 0 Å². The van der Waals surface area contributed by atoms with E-state index >= 15 is 0 Å². The van der Waals surface area contributed by atoms with E-state index in [4.69, 9.17) is 0 Å². The van der Waals surface area contributed by atoms with E-state index in [0.717, 1.165) is 24.1 Å². The van der Waals surface area contributed by atoms with Crippen LogP contribution >= 0.6 is 0 Å². The Balaban J connectivity index is 0.000000178. The first-order valence-corrected chi connectivity index (χ1v) is 11.3. The van der Waals surface area contributed by atoms with Crippen molar-refractivity contribution < 1.29 is 30.3 Å². The van der Waals surface area contributed by atoms with Gasteiger partial charge in [-0.3, -0.25) is 0 Å². The van der Waals surface area contributed by atoms with Crippen molar-refractivity contribution in [3.05, 3.63) is 66.4 Å². The zero-order valence-electron chi connectivity index (χ0n) is 19.6. The number of aromatic nitrogens is 1. The van der Waals surface area contributed by atoms with Crippen LogP contribution in [0.25, 0.3) is 22.0 Å². The van der Waals surface area contributed by atoms with Gasteiger partial charge in [0.25, 0.3) is 0 Å². The minimum Gasteiger partial charge on any atom is -0.392 e. The number of aliphatic hydroxyl groups is 2. The second-order valence-corrected chi connectivity index (χ2v) is 10.7. The second-order valence-electron chi connectivity index (χ2n) is 10.7. The van der Waals surface area contributed by atoms with Gasteiger partial charge in [-0.15, -0.1) is 35.9 Å². The van der Waals surface area contributed by atoms with Crippen LogP contribution in [-0.2, 0) is 20.1 Å². The Labute approximate surface area is 205 Å². The molecule has 1 radical (unpaired) electrons. The molecule has 2 atom stereocenters. The molecule has 0 saturated heterocycles. The van der Waals surface area contributed by atoms with Gasteiger partial charge in [0.2, 0.25) is 0 Å². The maximum absolute atomic E-state index is 10.2. The molecule has 3 nitrogen and oxygen atoms in total. The Morgan fingerprint density at radius 3 is 1.97 bits per heavy atom. The Hall–Kier alpha value is -1.58. The third-order valence-corrected chi connectivity index (χ3v) is 7.41. The number of rotatable bonds is 1. The van der Waals surface area contributed by atoms with E-state index in [1.807, 2.05) is 30.5 Å². The van der Waals surface area contributed by atoms with E-state index in [9.17, 15) is 10.2 Å². The van der Waals surface area contributed by atoms with Crippen LogP contribution in [0.1, 0.15) is 46.1 Å². The molecule has 5 rings (SSSR count). The predicted octanol–water partition coefficient (Wildman–Crippen LogP) is 5.81. The van der Waals surface area contributed by atoms with Gasteiger partial charge in [0.1, 0.15) is 0 Å². The standard InChI is InChI=1S/C16H12N.C12H22O2.Ir/c1-12-11-17-16(13-7-3-2-4-8-13)15-10-6-5-9-14(12)15;1-11(2)5-7-6-12(3,4)10(14)8(7)9(11)13;/h2-7,9-11H,1H3;7-10,13-14H,5-6H2,1-4H3;/q-1;;. The number of aryl methyl sites for hydroxylation is 1. The number of benzene rings is 2. The van der Waals surface area contributed by atoms with Crippen LogP contribution in [-0.4, -0.2) is 27.4 Å². The average molecular weight is 609 g/mol. The summed E-state index contributed by atoms with van der Waals surface area (Å²) in [6.45, 7) is 10.5. The summed E-state index contributed by atoms with van der Waals surface area (Å²) < 4.78 is 0. The van der Waals surface area contributed by atoms with Crippen molar-refractivity contribution in [2.24, 2.45) is 22.7 Å². The summed E-state index contributed by atoms with van der Waals surface area (Å²) in [5, 5.41) is 22.8. The maximum atomic E-state index is 10.2. The maximum Gasteiger partial charge on any atom is 0.0646 e. The SMILES string of the molecule is CC1(C)CC2CC(C)(C)C(O)C2C1O.Cc1cnc(-c2[c-]cccc2)c2ccccc12.[Ir]. The van der Waals surface area contributed by atoms with Gasteiger partial charge in [0.05, 0.1) is 12.2 Å². The third-order valence-electron chi connectivity index (χ3n) is 7.41. The van der Waals surface area contributed by atoms with Gasteiger partial charge >= 0.3 is 0 Å². The minimum absolute atomic E-state index is 0. The largest absolute Gasteiger partial charge is 0.392 e. The first-order valence-electron chi connectivity index (χ1n) is 11.3. The number of hydrogen-bond acceptors (Lipinski definition) is 3. The Bertz CT molecular complexity index is 1040. The second kappa shape index (κ2) is 9.35. The molecule has 4 heteroatoms. The molecule has 2 N–H and O–H groups in total. The molecule has 0 aliphatic heterocycles. The summed E-state index contributed by atoms with van der Waals surface area (Å²) in [7, 11) is 0. The molecule has 32 heavy (non-hydrogen) atoms. The van der Waals surface area contributed by atoms with Gasteiger partial charge in [-0.05, 0) is 58.5 Å². The molecular formula is C28H34IrNO2-. The Morgan fingerprint density at radius 2 is 1.44 bits per heavy atom. The molecule has 1 heterocycles. The van der Waals surface area contributed by atoms with Gasteiger partial charge in [-0.25, -0.2) is 0 Å². The minimum atomic E-state index is -0.329. The number of nitrogens with zero attached hydrogens (tertiary/aromatic N) is 1. The number of pyridine rings is 1. The zero-order valence-corrected chi connectivity index (χ0v) is 22.0. The molecule has 1 aromatic heterocycles. The van der Waals surface area contributed by atoms with E-state index in [1.54, 1.807) is 0 Å². The number of fused-ring (bicyclic) bond motifs is 2. The summed E-state index contributed by atoms with van der Waals surface area (Å²) in [6.07, 6.45) is 3.38. The summed E-state index contributed by atoms with van der Waals surface area (Å²) in [4.78, 5) is 4.55. The third kappa shape index (κ3) is 4.56. The zero-order chi connectivity index (χ0) is 22.4. The monoisotopic (exact) mass is 609 g/mol. The van der Waals surface area contributed by atoms with Gasteiger partial charge in [0.15, 0.2) is 0 Å². The summed E-state index contributed by atoms with van der Waals surface area (Å²) >= 11 is 0. The van der Waals surface area contributed by atoms with Crippen molar-refractivity contribution >= 4 is 10.8 Å². The fourth-order valence-corrected chi connectivity index (χ4v) is 5.76. The average Bonchev–Trinajstić information content (AvgIpc) is 3.09. The van der Waals surface area contributed by atoms with Crippen LogP contribution in [0.4, 0.5) is 0 Å². The summed E-state index contributed by atoms with van der Waals surface area (Å²) in [5.74, 6) is 0.630. The Kier molecular flexibility index (Phi) is 7.32. The predicted molar refractivity (Wildman–Crippen MR) is 127 cm³/mol. The number of aliphatic hydroxyl groups excluding tert-OH is 2. The normalized spacial score (nSPS) is 27.2. The van der Waals surface area contributed by atoms with Crippen LogP contribution in [0.2, 0.25) is 0 Å². The van der Waals surface area contributed by atoms with Crippen molar-refractivity contribution in [1.29, 1.82) is 0 Å². The molecule has 173 valence electrons. The van der Waals surface area contributed by atoms with Gasteiger partial charge in [-0.2, -0.15) is 0 Å². The van der Waals surface area contributed by atoms with Crippen molar-refractivity contribution in [2.45, 2.75) is 59.7 Å². The van der Waals surface area contributed by atoms with Crippen LogP contribution in [0.3, 0.4) is 0 Å². The molecule has 2 aliphatic rings. The van der Waals surface area contributed by atoms with E-state index in [2.05, 4.69) is 69.9 Å². The van der Waals surface area contributed by atoms with Crippen molar-refractivity contribution in [1.82, 2.24) is 4.98 Å². The van der Waals surface area contributed by atoms with Crippen molar-refractivity contribution in [2.75, 3.05) is 0 Å². The van der Waals surface area contributed by atoms with Crippen LogP contribution in [0, 0.1) is 35.7 Å². The fraction of sp³-hybridized carbons (Fsp3) is 0.464. The molecule has 2 fully saturated rings. The van der Waals surface area contributed by atoms with E-state index in [0.29, 0.717) is 5.92 Å². The van der Waals surface area contributed by atoms with Crippen molar-refractivity contribution in [3.8, 4) is 11.3 Å². The molecule has 0 spiro atoms. The smallest absolute Gasteiger partial charge is 0.0646 e. The fourth-order valence-electron chi connectivity index (χ4n) is 5.76. The quantitative estimate of drug-likeness (QED) is 0.343. The molecule has 2 saturated carbocycles. The summed E-state index contributed by atoms with van der Waals surface area (Å²) in [6, 6.07) is 19.6. The molecular weight excluding hydrogens is 575 g/mol. The van der Waals surface area contributed by atoms with Crippen LogP contribution in [0.15, 0.2) is 54.7 Å². The van der Waals surface area contributed by atoms with Gasteiger partial charge in [-0.1, -0.05) is 52.0 Å². The van der Waals surface area contributed by atoms with Crippen molar-refractivity contribution in [3.63, 3.8) is 0 Å². The van der Waals surface area contributed by atoms with E-state index in [-0.39, 0.29) is 49.1 Å². The van der Waals surface area contributed by atoms with Gasteiger partial charge < -0.3 is 15.2 Å². The van der Waals surface area contributed by atoms with E-state index in [1.165, 1.54) is 16.3 Å². The first-order chi connectivity index (χ1) is 14.6. The number of hydrogen-bond donors (Lipinski definition) is 2. The molecule has 2 aliphatic carbocycles. The molecule has 2 aromatic carbocycles. The molecule has 3 aromatic rings. The Morgan fingerprint density at radius 1 is 0.875 bits per heavy atom. The topological polar surface area (TPSA) is 53.4 Å². The molecule has 0 bridgehead atoms. The van der Waals surface area contributed by atoms with E-state index < -0.39 is 0 Å². The first kappa shape index (κ1) is 25.0. The molecule has 2 unspecified atom stereocenters. The molecule has 0 amide bonds. The van der Waals surface area contributed by atoms with Crippen LogP contribution < -0.4 is 0 Å².